The molecule has 0 fully saturated rings. The van der Waals surface area contributed by atoms with Crippen LogP contribution < -0.4 is 10.9 Å². The number of aryl methyl sites for hydroxylation is 2. The van der Waals surface area contributed by atoms with Crippen molar-refractivity contribution in [2.75, 3.05) is 12.3 Å². The highest BCUT2D eigenvalue weighted by atomic mass is 32.2. The molecule has 0 atom stereocenters. The van der Waals surface area contributed by atoms with Crippen LogP contribution in [0.15, 0.2) is 9.95 Å². The molecule has 0 radical (unpaired) electrons. The van der Waals surface area contributed by atoms with Gasteiger partial charge < -0.3 is 5.32 Å². The van der Waals surface area contributed by atoms with Crippen LogP contribution in [-0.4, -0.2) is 27.8 Å². The van der Waals surface area contributed by atoms with Crippen LogP contribution in [0.1, 0.15) is 56.9 Å². The minimum atomic E-state index is -0.00270. The Bertz CT molecular complexity index is 870. The summed E-state index contributed by atoms with van der Waals surface area (Å²) < 4.78 is 1.81. The third-order valence-corrected chi connectivity index (χ3v) is 7.04. The molecular formula is C20H29N3O2S2. The second kappa shape index (κ2) is 9.24. The van der Waals surface area contributed by atoms with E-state index in [0.717, 1.165) is 42.3 Å². The summed E-state index contributed by atoms with van der Waals surface area (Å²) in [5, 5.41) is 4.40. The Labute approximate surface area is 169 Å². The summed E-state index contributed by atoms with van der Waals surface area (Å²) in [7, 11) is 0. The van der Waals surface area contributed by atoms with Crippen molar-refractivity contribution >= 4 is 39.2 Å². The van der Waals surface area contributed by atoms with E-state index in [1.807, 2.05) is 11.5 Å². The van der Waals surface area contributed by atoms with Crippen LogP contribution in [0.3, 0.4) is 0 Å². The summed E-state index contributed by atoms with van der Waals surface area (Å²) in [6, 6.07) is 0. The maximum Gasteiger partial charge on any atom is 0.263 e. The number of thiophene rings is 1. The van der Waals surface area contributed by atoms with E-state index < -0.39 is 0 Å². The quantitative estimate of drug-likeness (QED) is 0.531. The summed E-state index contributed by atoms with van der Waals surface area (Å²) in [6.45, 7) is 7.70. The van der Waals surface area contributed by atoms with Crippen molar-refractivity contribution < 1.29 is 4.79 Å². The molecule has 27 heavy (non-hydrogen) atoms. The predicted molar refractivity (Wildman–Crippen MR) is 114 cm³/mol. The number of rotatable bonds is 8. The van der Waals surface area contributed by atoms with Gasteiger partial charge in [0.1, 0.15) is 4.83 Å². The molecule has 148 valence electrons. The van der Waals surface area contributed by atoms with Gasteiger partial charge in [-0.25, -0.2) is 4.98 Å². The monoisotopic (exact) mass is 407 g/mol. The predicted octanol–water partition coefficient (Wildman–Crippen LogP) is 4.00. The molecule has 1 aliphatic rings. The molecule has 7 heteroatoms. The zero-order chi connectivity index (χ0) is 19.4. The Balaban J connectivity index is 1.95. The molecule has 3 rings (SSSR count). The molecule has 0 bridgehead atoms. The summed E-state index contributed by atoms with van der Waals surface area (Å²) in [5.74, 6) is 0.803. The number of amides is 1. The standard InChI is InChI=1S/C20H29N3O2S2/c1-4-10-21-16(24)12-26-20-22-18-17(14-7-5-6-8-15(14)27-18)19(25)23(20)11-9-13(2)3/h13H,4-12H2,1-3H3,(H,21,24). The van der Waals surface area contributed by atoms with E-state index in [0.29, 0.717) is 29.9 Å². The van der Waals surface area contributed by atoms with Crippen LogP contribution in [0.5, 0.6) is 0 Å². The van der Waals surface area contributed by atoms with E-state index >= 15 is 0 Å². The first-order chi connectivity index (χ1) is 13.0. The second-order valence-electron chi connectivity index (χ2n) is 7.56. The van der Waals surface area contributed by atoms with Gasteiger partial charge in [-0.1, -0.05) is 32.5 Å². The van der Waals surface area contributed by atoms with E-state index in [-0.39, 0.29) is 11.5 Å². The second-order valence-corrected chi connectivity index (χ2v) is 9.59. The van der Waals surface area contributed by atoms with E-state index in [1.54, 1.807) is 11.3 Å². The van der Waals surface area contributed by atoms with Gasteiger partial charge in [-0.05, 0) is 50.0 Å². The number of carbonyl (C=O) groups is 1. The first kappa shape index (κ1) is 20.4. The van der Waals surface area contributed by atoms with E-state index in [9.17, 15) is 9.59 Å². The SMILES string of the molecule is CCCNC(=O)CSc1nc2sc3c(c2c(=O)n1CCC(C)C)CCCC3. The van der Waals surface area contributed by atoms with Gasteiger partial charge >= 0.3 is 0 Å². The Kier molecular flexibility index (Phi) is 6.98. The van der Waals surface area contributed by atoms with E-state index in [4.69, 9.17) is 4.98 Å². The zero-order valence-corrected chi connectivity index (χ0v) is 18.1. The lowest BCUT2D eigenvalue weighted by molar-refractivity contribution is -0.118. The van der Waals surface area contributed by atoms with Gasteiger partial charge in [0, 0.05) is 18.0 Å². The molecule has 1 amide bonds. The maximum atomic E-state index is 13.3. The molecule has 1 N–H and O–H groups in total. The van der Waals surface area contributed by atoms with Crippen molar-refractivity contribution in [2.45, 2.75) is 71.0 Å². The lowest BCUT2D eigenvalue weighted by Gasteiger charge is -2.14. The summed E-state index contributed by atoms with van der Waals surface area (Å²) >= 11 is 3.05. The highest BCUT2D eigenvalue weighted by molar-refractivity contribution is 7.99. The Hall–Kier alpha value is -1.34. The number of nitrogens with zero attached hydrogens (tertiary/aromatic N) is 2. The largest absolute Gasteiger partial charge is 0.355 e. The van der Waals surface area contributed by atoms with Gasteiger partial charge in [-0.2, -0.15) is 0 Å². The lowest BCUT2D eigenvalue weighted by atomic mass is 9.97. The fourth-order valence-corrected chi connectivity index (χ4v) is 5.52. The minimum Gasteiger partial charge on any atom is -0.355 e. The number of thioether (sulfide) groups is 1. The molecule has 0 aliphatic heterocycles. The van der Waals surface area contributed by atoms with Crippen molar-refractivity contribution in [3.63, 3.8) is 0 Å². The number of fused-ring (bicyclic) bond motifs is 3. The summed E-state index contributed by atoms with van der Waals surface area (Å²) in [5.41, 5.74) is 1.31. The molecule has 0 unspecified atom stereocenters. The molecular weight excluding hydrogens is 378 g/mol. The normalized spacial score (nSPS) is 13.9. The number of nitrogens with one attached hydrogen (secondary N) is 1. The fraction of sp³-hybridized carbons (Fsp3) is 0.650. The van der Waals surface area contributed by atoms with Crippen LogP contribution >= 0.6 is 23.1 Å². The van der Waals surface area contributed by atoms with E-state index in [1.165, 1.54) is 28.6 Å². The van der Waals surface area contributed by atoms with Gasteiger partial charge in [0.25, 0.3) is 5.56 Å². The Morgan fingerprint density at radius 3 is 2.85 bits per heavy atom. The van der Waals surface area contributed by atoms with Gasteiger partial charge in [0.05, 0.1) is 11.1 Å². The lowest BCUT2D eigenvalue weighted by Crippen LogP contribution is -2.27. The molecule has 0 saturated carbocycles. The van der Waals surface area contributed by atoms with Gasteiger partial charge in [0.15, 0.2) is 5.16 Å². The molecule has 0 spiro atoms. The first-order valence-electron chi connectivity index (χ1n) is 9.95. The van der Waals surface area contributed by atoms with Crippen molar-refractivity contribution in [3.05, 3.63) is 20.8 Å². The zero-order valence-electron chi connectivity index (χ0n) is 16.5. The van der Waals surface area contributed by atoms with Crippen LogP contribution in [0.4, 0.5) is 0 Å². The first-order valence-corrected chi connectivity index (χ1v) is 11.8. The topological polar surface area (TPSA) is 64.0 Å². The van der Waals surface area contributed by atoms with Crippen LogP contribution in [0.25, 0.3) is 10.2 Å². The number of carbonyl (C=O) groups excluding carboxylic acids is 1. The van der Waals surface area contributed by atoms with Crippen LogP contribution in [-0.2, 0) is 24.2 Å². The highest BCUT2D eigenvalue weighted by Crippen LogP contribution is 2.34. The number of hydrogen-bond acceptors (Lipinski definition) is 5. The third-order valence-electron chi connectivity index (χ3n) is 4.87. The third kappa shape index (κ3) is 4.74. The van der Waals surface area contributed by atoms with Crippen LogP contribution in [0.2, 0.25) is 0 Å². The number of hydrogen-bond donors (Lipinski definition) is 1. The van der Waals surface area contributed by atoms with Crippen molar-refractivity contribution in [1.29, 1.82) is 0 Å². The molecule has 1 aliphatic carbocycles. The van der Waals surface area contributed by atoms with Crippen molar-refractivity contribution in [3.8, 4) is 0 Å². The average molecular weight is 408 g/mol. The Morgan fingerprint density at radius 1 is 1.33 bits per heavy atom. The van der Waals surface area contributed by atoms with Crippen LogP contribution in [0, 0.1) is 5.92 Å². The molecule has 2 heterocycles. The fourth-order valence-electron chi connectivity index (χ4n) is 3.36. The molecule has 0 aromatic carbocycles. The van der Waals surface area contributed by atoms with E-state index in [2.05, 4.69) is 19.2 Å². The molecule has 0 saturated heterocycles. The minimum absolute atomic E-state index is 0.00270. The van der Waals surface area contributed by atoms with Crippen molar-refractivity contribution in [1.82, 2.24) is 14.9 Å². The smallest absolute Gasteiger partial charge is 0.263 e. The molecule has 2 aromatic heterocycles. The number of aromatic nitrogens is 2. The average Bonchev–Trinajstić information content (AvgIpc) is 3.02. The van der Waals surface area contributed by atoms with Crippen molar-refractivity contribution in [2.24, 2.45) is 5.92 Å². The van der Waals surface area contributed by atoms with Gasteiger partial charge in [0.2, 0.25) is 5.91 Å². The summed E-state index contributed by atoms with van der Waals surface area (Å²) in [6.07, 6.45) is 6.24. The Morgan fingerprint density at radius 2 is 2.11 bits per heavy atom. The molecule has 5 nitrogen and oxygen atoms in total. The van der Waals surface area contributed by atoms with Gasteiger partial charge in [-0.15, -0.1) is 11.3 Å². The molecule has 2 aromatic rings. The maximum absolute atomic E-state index is 13.3. The van der Waals surface area contributed by atoms with Gasteiger partial charge in [-0.3, -0.25) is 14.2 Å². The highest BCUT2D eigenvalue weighted by Gasteiger charge is 2.22. The summed E-state index contributed by atoms with van der Waals surface area (Å²) in [4.78, 5) is 32.4.